The van der Waals surface area contributed by atoms with Gasteiger partial charge >= 0.3 is 0 Å². The Balaban J connectivity index is 2.51. The Morgan fingerprint density at radius 3 is 2.93 bits per heavy atom. The Morgan fingerprint density at radius 2 is 2.00 bits per heavy atom. The molecule has 2 aromatic carbocycles. The Labute approximate surface area is 87.1 Å². The van der Waals surface area contributed by atoms with Crippen molar-refractivity contribution in [1.82, 2.24) is 5.01 Å². The lowest BCUT2D eigenvalue weighted by molar-refractivity contribution is 0.435. The van der Waals surface area contributed by atoms with E-state index < -0.39 is 0 Å². The largest absolute Gasteiger partial charge is 0.296 e. The molecule has 0 radical (unpaired) electrons. The van der Waals surface area contributed by atoms with E-state index in [1.54, 1.807) is 5.01 Å². The number of hydrogen-bond donors (Lipinski definition) is 1. The molecule has 0 spiro atoms. The van der Waals surface area contributed by atoms with Crippen molar-refractivity contribution in [2.45, 2.75) is 0 Å². The van der Waals surface area contributed by atoms with Gasteiger partial charge in [-0.25, -0.2) is 5.84 Å². The van der Waals surface area contributed by atoms with Crippen LogP contribution in [0.5, 0.6) is 0 Å². The van der Waals surface area contributed by atoms with Gasteiger partial charge in [0.25, 0.3) is 0 Å². The molecule has 0 saturated heterocycles. The third-order valence-electron chi connectivity index (χ3n) is 2.63. The highest BCUT2D eigenvalue weighted by Gasteiger charge is 2.02. The van der Waals surface area contributed by atoms with Crippen LogP contribution >= 0.6 is 0 Å². The predicted octanol–water partition coefficient (Wildman–Crippen LogP) is 0.344. The summed E-state index contributed by atoms with van der Waals surface area (Å²) in [5.74, 6) is 5.68. The van der Waals surface area contributed by atoms with Gasteiger partial charge in [0.2, 0.25) is 0 Å². The van der Waals surface area contributed by atoms with Crippen LogP contribution in [0.3, 0.4) is 0 Å². The fourth-order valence-electron chi connectivity index (χ4n) is 1.92. The molecule has 3 rings (SSSR count). The number of nitrogens with zero attached hydrogens (tertiary/aromatic N) is 2. The summed E-state index contributed by atoms with van der Waals surface area (Å²) < 4.78 is 0. The van der Waals surface area contributed by atoms with E-state index in [-0.39, 0.29) is 0 Å². The zero-order valence-electron chi connectivity index (χ0n) is 8.22. The molecule has 0 bridgehead atoms. The summed E-state index contributed by atoms with van der Waals surface area (Å²) in [4.78, 5) is 4.47. The fourth-order valence-corrected chi connectivity index (χ4v) is 1.92. The van der Waals surface area contributed by atoms with E-state index in [0.717, 1.165) is 10.6 Å². The van der Waals surface area contributed by atoms with Crippen LogP contribution in [0.25, 0.3) is 17.0 Å². The Kier molecular flexibility index (Phi) is 1.73. The van der Waals surface area contributed by atoms with Crippen LogP contribution in [0.4, 0.5) is 0 Å². The highest BCUT2D eigenvalue weighted by Crippen LogP contribution is 2.06. The van der Waals surface area contributed by atoms with Gasteiger partial charge in [0.05, 0.1) is 5.36 Å². The van der Waals surface area contributed by atoms with Gasteiger partial charge in [0.15, 0.2) is 0 Å². The second kappa shape index (κ2) is 3.07. The smallest absolute Gasteiger partial charge is 0.124 e. The summed E-state index contributed by atoms with van der Waals surface area (Å²) in [7, 11) is 0. The first-order valence-corrected chi connectivity index (χ1v) is 4.90. The molecule has 1 aliphatic rings. The van der Waals surface area contributed by atoms with E-state index in [1.165, 1.54) is 10.8 Å². The van der Waals surface area contributed by atoms with Crippen molar-refractivity contribution >= 4 is 17.0 Å². The average Bonchev–Trinajstić information content (AvgIpc) is 2.28. The van der Waals surface area contributed by atoms with Crippen LogP contribution in [0, 0.1) is 0 Å². The topological polar surface area (TPSA) is 41.6 Å². The molecule has 2 aromatic rings. The Morgan fingerprint density at radius 1 is 1.13 bits per heavy atom. The second-order valence-corrected chi connectivity index (χ2v) is 3.67. The van der Waals surface area contributed by atoms with Crippen molar-refractivity contribution in [3.8, 4) is 0 Å². The maximum Gasteiger partial charge on any atom is 0.124 e. The predicted molar refractivity (Wildman–Crippen MR) is 60.1 cm³/mol. The highest BCUT2D eigenvalue weighted by atomic mass is 15.4. The van der Waals surface area contributed by atoms with Crippen molar-refractivity contribution in [2.24, 2.45) is 10.8 Å². The van der Waals surface area contributed by atoms with Crippen LogP contribution in [-0.4, -0.2) is 11.7 Å². The maximum absolute atomic E-state index is 5.68. The lowest BCUT2D eigenvalue weighted by Crippen LogP contribution is -2.39. The van der Waals surface area contributed by atoms with Crippen molar-refractivity contribution in [3.05, 3.63) is 47.0 Å². The molecule has 15 heavy (non-hydrogen) atoms. The van der Waals surface area contributed by atoms with Crippen LogP contribution in [0.2, 0.25) is 0 Å². The first-order chi connectivity index (χ1) is 7.34. The summed E-state index contributed by atoms with van der Waals surface area (Å²) in [6.45, 7) is 0.529. The molecule has 1 aliphatic heterocycles. The first-order valence-electron chi connectivity index (χ1n) is 4.90. The number of hydrazine groups is 1. The summed E-state index contributed by atoms with van der Waals surface area (Å²) >= 11 is 0. The van der Waals surface area contributed by atoms with Crippen LogP contribution in [-0.2, 0) is 0 Å². The van der Waals surface area contributed by atoms with Crippen LogP contribution < -0.4 is 16.4 Å². The van der Waals surface area contributed by atoms with E-state index in [4.69, 9.17) is 5.84 Å². The SMILES string of the molecule is NN1C=c2ccc3ccccc3c2=NC1. The summed E-state index contributed by atoms with van der Waals surface area (Å²) in [6.07, 6.45) is 1.93. The lowest BCUT2D eigenvalue weighted by atomic mass is 10.1. The molecular formula is C12H11N3. The molecule has 0 amide bonds. The van der Waals surface area contributed by atoms with Gasteiger partial charge in [-0.1, -0.05) is 36.4 Å². The minimum Gasteiger partial charge on any atom is -0.296 e. The summed E-state index contributed by atoms with van der Waals surface area (Å²) in [5.41, 5.74) is 0. The normalized spacial score (nSPS) is 14.3. The zero-order chi connectivity index (χ0) is 10.3. The van der Waals surface area contributed by atoms with Crippen molar-refractivity contribution in [1.29, 1.82) is 0 Å². The first kappa shape index (κ1) is 8.44. The van der Waals surface area contributed by atoms with Gasteiger partial charge in [-0.3, -0.25) is 10.0 Å². The van der Waals surface area contributed by atoms with Crippen LogP contribution in [0.1, 0.15) is 0 Å². The molecule has 0 saturated carbocycles. The standard InChI is InChI=1S/C12H11N3/c13-15-7-10-6-5-9-3-1-2-4-11(9)12(10)14-8-15/h1-7H,8,13H2. The number of nitrogens with two attached hydrogens (primary N) is 1. The Bertz CT molecular complexity index is 631. The summed E-state index contributed by atoms with van der Waals surface area (Å²) in [5, 5.41) is 6.15. The molecule has 3 heteroatoms. The fraction of sp³-hybridized carbons (Fsp3) is 0.0833. The van der Waals surface area contributed by atoms with Gasteiger partial charge < -0.3 is 0 Å². The number of rotatable bonds is 0. The molecule has 0 unspecified atom stereocenters. The second-order valence-electron chi connectivity index (χ2n) is 3.67. The zero-order valence-corrected chi connectivity index (χ0v) is 8.22. The monoisotopic (exact) mass is 197 g/mol. The van der Waals surface area contributed by atoms with E-state index >= 15 is 0 Å². The van der Waals surface area contributed by atoms with E-state index in [0.29, 0.717) is 6.67 Å². The molecule has 74 valence electrons. The van der Waals surface area contributed by atoms with Crippen molar-refractivity contribution < 1.29 is 0 Å². The van der Waals surface area contributed by atoms with Gasteiger partial charge in [-0.15, -0.1) is 0 Å². The summed E-state index contributed by atoms with van der Waals surface area (Å²) in [6, 6.07) is 12.4. The molecule has 2 N–H and O–H groups in total. The molecule has 1 heterocycles. The minimum atomic E-state index is 0.529. The van der Waals surface area contributed by atoms with E-state index in [1.807, 2.05) is 18.3 Å². The van der Waals surface area contributed by atoms with Crippen LogP contribution in [0.15, 0.2) is 41.4 Å². The average molecular weight is 197 g/mol. The lowest BCUT2D eigenvalue weighted by Gasteiger charge is -2.14. The van der Waals surface area contributed by atoms with E-state index in [2.05, 4.69) is 29.3 Å². The minimum absolute atomic E-state index is 0.529. The van der Waals surface area contributed by atoms with Crippen molar-refractivity contribution in [2.75, 3.05) is 6.67 Å². The number of hydrogen-bond acceptors (Lipinski definition) is 3. The van der Waals surface area contributed by atoms with Gasteiger partial charge in [0.1, 0.15) is 6.67 Å². The molecular weight excluding hydrogens is 186 g/mol. The van der Waals surface area contributed by atoms with Gasteiger partial charge in [0, 0.05) is 16.8 Å². The highest BCUT2D eigenvalue weighted by molar-refractivity contribution is 5.82. The third kappa shape index (κ3) is 1.28. The quantitative estimate of drug-likeness (QED) is 0.619. The van der Waals surface area contributed by atoms with Crippen molar-refractivity contribution in [3.63, 3.8) is 0 Å². The maximum atomic E-state index is 5.68. The number of benzene rings is 2. The van der Waals surface area contributed by atoms with E-state index in [9.17, 15) is 0 Å². The molecule has 0 aliphatic carbocycles. The number of fused-ring (bicyclic) bond motifs is 3. The van der Waals surface area contributed by atoms with Gasteiger partial charge in [-0.2, -0.15) is 0 Å². The molecule has 0 atom stereocenters. The van der Waals surface area contributed by atoms with Gasteiger partial charge in [-0.05, 0) is 5.39 Å². The molecule has 0 aromatic heterocycles. The molecule has 0 fully saturated rings. The third-order valence-corrected chi connectivity index (χ3v) is 2.63. The molecule has 3 nitrogen and oxygen atoms in total. The Hall–Kier alpha value is -1.87.